The van der Waals surface area contributed by atoms with E-state index in [2.05, 4.69) is 15.5 Å². The smallest absolute Gasteiger partial charge is 0.220 e. The van der Waals surface area contributed by atoms with Crippen LogP contribution in [-0.4, -0.2) is 58.1 Å². The Morgan fingerprint density at radius 2 is 1.76 bits per heavy atom. The van der Waals surface area contributed by atoms with Gasteiger partial charge in [-0.05, 0) is 36.8 Å². The minimum absolute atomic E-state index is 0. The maximum absolute atomic E-state index is 11.6. The normalized spacial score (nSPS) is 15.6. The molecule has 0 bridgehead atoms. The second kappa shape index (κ2) is 12.4. The highest BCUT2D eigenvalue weighted by Gasteiger charge is 2.23. The molecule has 1 saturated heterocycles. The van der Waals surface area contributed by atoms with Gasteiger partial charge in [0.05, 0.1) is 12.3 Å². The lowest BCUT2D eigenvalue weighted by atomic mass is 9.93. The molecule has 1 aromatic carbocycles. The first-order chi connectivity index (χ1) is 13.3. The van der Waals surface area contributed by atoms with Crippen LogP contribution in [0.5, 0.6) is 0 Å². The zero-order valence-electron chi connectivity index (χ0n) is 17.5. The summed E-state index contributed by atoms with van der Waals surface area (Å²) < 4.78 is 22.8. The number of rotatable bonds is 7. The molecule has 1 fully saturated rings. The molecule has 0 saturated carbocycles. The Bertz CT molecular complexity index is 773. The summed E-state index contributed by atoms with van der Waals surface area (Å²) in [7, 11) is -1.34. The highest BCUT2D eigenvalue weighted by Crippen LogP contribution is 2.20. The summed E-state index contributed by atoms with van der Waals surface area (Å²) in [6.45, 7) is 5.17. The molecule has 29 heavy (non-hydrogen) atoms. The second-order valence-corrected chi connectivity index (χ2v) is 9.50. The number of hydrogen-bond acceptors (Lipinski definition) is 4. The number of halogens is 1. The number of carbonyl (C=O) groups excluding carboxylic acids is 1. The summed E-state index contributed by atoms with van der Waals surface area (Å²) >= 11 is 0. The Morgan fingerprint density at radius 3 is 2.28 bits per heavy atom. The number of likely N-dealkylation sites (tertiary alicyclic amines) is 1. The molecule has 0 aliphatic carbocycles. The van der Waals surface area contributed by atoms with Crippen molar-refractivity contribution in [1.82, 2.24) is 15.5 Å². The molecule has 0 spiro atoms. The third kappa shape index (κ3) is 9.33. The standard InChI is InChI=1S/C20H32N4O3S.HI/c1-4-22-20(24-11-9-16(10-12-24)13-19(25)21-2)23-14-17-5-7-18(8-6-17)15-28(3,26)27;/h5-8,16H,4,9-15H2,1-3H3,(H,21,25)(H,22,23);1H. The van der Waals surface area contributed by atoms with E-state index in [0.717, 1.165) is 49.6 Å². The molecule has 0 radical (unpaired) electrons. The molecule has 1 amide bonds. The zero-order chi connectivity index (χ0) is 20.6. The molecule has 2 rings (SSSR count). The maximum Gasteiger partial charge on any atom is 0.220 e. The van der Waals surface area contributed by atoms with Crippen molar-refractivity contribution in [2.75, 3.05) is 32.9 Å². The van der Waals surface area contributed by atoms with Crippen LogP contribution >= 0.6 is 24.0 Å². The molecule has 1 aliphatic rings. The summed E-state index contributed by atoms with van der Waals surface area (Å²) in [5.41, 5.74) is 1.84. The SMILES string of the molecule is CCNC(=NCc1ccc(CS(C)(=O)=O)cc1)N1CCC(CC(=O)NC)CC1.I. The van der Waals surface area contributed by atoms with Gasteiger partial charge in [0.25, 0.3) is 0 Å². The van der Waals surface area contributed by atoms with Gasteiger partial charge >= 0.3 is 0 Å². The number of benzene rings is 1. The minimum atomic E-state index is -3.02. The first kappa shape index (κ1) is 25.7. The van der Waals surface area contributed by atoms with E-state index in [9.17, 15) is 13.2 Å². The van der Waals surface area contributed by atoms with Crippen LogP contribution in [-0.2, 0) is 26.9 Å². The lowest BCUT2D eigenvalue weighted by Crippen LogP contribution is -2.46. The van der Waals surface area contributed by atoms with Crippen LogP contribution in [0.2, 0.25) is 0 Å². The maximum atomic E-state index is 11.6. The number of amides is 1. The average molecular weight is 536 g/mol. The molecule has 1 aliphatic heterocycles. The lowest BCUT2D eigenvalue weighted by molar-refractivity contribution is -0.121. The van der Waals surface area contributed by atoms with Crippen molar-refractivity contribution in [2.24, 2.45) is 10.9 Å². The minimum Gasteiger partial charge on any atom is -0.359 e. The van der Waals surface area contributed by atoms with Crippen molar-refractivity contribution in [1.29, 1.82) is 0 Å². The molecule has 0 unspecified atom stereocenters. The van der Waals surface area contributed by atoms with Gasteiger partial charge in [-0.1, -0.05) is 24.3 Å². The van der Waals surface area contributed by atoms with Gasteiger partial charge in [-0.15, -0.1) is 24.0 Å². The topological polar surface area (TPSA) is 90.9 Å². The highest BCUT2D eigenvalue weighted by atomic mass is 127. The Kier molecular flexibility index (Phi) is 10.9. The third-order valence-corrected chi connectivity index (χ3v) is 5.72. The van der Waals surface area contributed by atoms with Gasteiger partial charge in [-0.3, -0.25) is 4.79 Å². The number of hydrogen-bond donors (Lipinski definition) is 2. The number of carbonyl (C=O) groups is 1. The lowest BCUT2D eigenvalue weighted by Gasteiger charge is -2.34. The van der Waals surface area contributed by atoms with Crippen LogP contribution in [0.3, 0.4) is 0 Å². The van der Waals surface area contributed by atoms with Gasteiger partial charge in [0.2, 0.25) is 5.91 Å². The van der Waals surface area contributed by atoms with E-state index in [1.165, 1.54) is 6.26 Å². The van der Waals surface area contributed by atoms with Gasteiger partial charge in [0.1, 0.15) is 0 Å². The van der Waals surface area contributed by atoms with E-state index in [4.69, 9.17) is 4.99 Å². The first-order valence-corrected chi connectivity index (χ1v) is 11.9. The van der Waals surface area contributed by atoms with Crippen molar-refractivity contribution in [3.8, 4) is 0 Å². The number of guanidine groups is 1. The van der Waals surface area contributed by atoms with E-state index >= 15 is 0 Å². The van der Waals surface area contributed by atoms with Crippen LogP contribution < -0.4 is 10.6 Å². The molecule has 9 heteroatoms. The fourth-order valence-corrected chi connectivity index (χ4v) is 4.15. The van der Waals surface area contributed by atoms with Crippen LogP contribution in [0.4, 0.5) is 0 Å². The summed E-state index contributed by atoms with van der Waals surface area (Å²) in [6.07, 6.45) is 3.81. The van der Waals surface area contributed by atoms with Crippen molar-refractivity contribution in [3.05, 3.63) is 35.4 Å². The van der Waals surface area contributed by atoms with E-state index in [0.29, 0.717) is 18.9 Å². The molecule has 164 valence electrons. The average Bonchev–Trinajstić information content (AvgIpc) is 2.65. The fourth-order valence-electron chi connectivity index (χ4n) is 3.35. The molecule has 7 nitrogen and oxygen atoms in total. The molecular weight excluding hydrogens is 503 g/mol. The highest BCUT2D eigenvalue weighted by molar-refractivity contribution is 14.0. The predicted molar refractivity (Wildman–Crippen MR) is 128 cm³/mol. The van der Waals surface area contributed by atoms with E-state index in [-0.39, 0.29) is 35.6 Å². The van der Waals surface area contributed by atoms with E-state index in [1.54, 1.807) is 7.05 Å². The zero-order valence-corrected chi connectivity index (χ0v) is 20.6. The van der Waals surface area contributed by atoms with Gasteiger partial charge in [0, 0.05) is 39.4 Å². The number of piperidine rings is 1. The molecular formula is C20H33IN4O3S. The van der Waals surface area contributed by atoms with E-state index < -0.39 is 9.84 Å². The predicted octanol–water partition coefficient (Wildman–Crippen LogP) is 2.16. The summed E-state index contributed by atoms with van der Waals surface area (Å²) in [5, 5.41) is 6.05. The molecule has 0 aromatic heterocycles. The van der Waals surface area contributed by atoms with Gasteiger partial charge in [-0.2, -0.15) is 0 Å². The van der Waals surface area contributed by atoms with Gasteiger partial charge < -0.3 is 15.5 Å². The van der Waals surface area contributed by atoms with Crippen molar-refractivity contribution in [3.63, 3.8) is 0 Å². The number of nitrogens with one attached hydrogen (secondary N) is 2. The Hall–Kier alpha value is -1.36. The number of aliphatic imine (C=N–C) groups is 1. The van der Waals surface area contributed by atoms with Crippen LogP contribution in [0.1, 0.15) is 37.3 Å². The van der Waals surface area contributed by atoms with Crippen molar-refractivity contribution < 1.29 is 13.2 Å². The monoisotopic (exact) mass is 536 g/mol. The van der Waals surface area contributed by atoms with Gasteiger partial charge in [0.15, 0.2) is 15.8 Å². The number of sulfone groups is 1. The first-order valence-electron chi connectivity index (χ1n) is 9.80. The van der Waals surface area contributed by atoms with Gasteiger partial charge in [-0.25, -0.2) is 13.4 Å². The molecule has 0 atom stereocenters. The number of nitrogens with zero attached hydrogens (tertiary/aromatic N) is 2. The Labute approximate surface area is 191 Å². The van der Waals surface area contributed by atoms with Crippen molar-refractivity contribution in [2.45, 2.75) is 38.5 Å². The van der Waals surface area contributed by atoms with E-state index in [1.807, 2.05) is 31.2 Å². The van der Waals surface area contributed by atoms with Crippen LogP contribution in [0.15, 0.2) is 29.3 Å². The quantitative estimate of drug-likeness (QED) is 0.317. The third-order valence-electron chi connectivity index (χ3n) is 4.87. The summed E-state index contributed by atoms with van der Waals surface area (Å²) in [5.74, 6) is 1.49. The Balaban J connectivity index is 0.00000420. The summed E-state index contributed by atoms with van der Waals surface area (Å²) in [6, 6.07) is 7.57. The molecule has 1 heterocycles. The molecule has 1 aromatic rings. The summed E-state index contributed by atoms with van der Waals surface area (Å²) in [4.78, 5) is 18.6. The largest absolute Gasteiger partial charge is 0.359 e. The van der Waals surface area contributed by atoms with Crippen LogP contribution in [0, 0.1) is 5.92 Å². The van der Waals surface area contributed by atoms with Crippen LogP contribution in [0.25, 0.3) is 0 Å². The van der Waals surface area contributed by atoms with Crippen molar-refractivity contribution >= 4 is 45.7 Å². The molecule has 2 N–H and O–H groups in total. The fraction of sp³-hybridized carbons (Fsp3) is 0.600. The Morgan fingerprint density at radius 1 is 1.17 bits per heavy atom. The second-order valence-electron chi connectivity index (χ2n) is 7.36.